The van der Waals surface area contributed by atoms with Crippen LogP contribution in [0.1, 0.15) is 12.8 Å². The molecule has 0 atom stereocenters. The van der Waals surface area contributed by atoms with Gasteiger partial charge in [-0.25, -0.2) is 17.5 Å². The van der Waals surface area contributed by atoms with Gasteiger partial charge in [-0.15, -0.1) is 0 Å². The summed E-state index contributed by atoms with van der Waals surface area (Å²) in [6.45, 7) is 1.57. The van der Waals surface area contributed by atoms with Gasteiger partial charge >= 0.3 is 6.03 Å². The third-order valence-electron chi connectivity index (χ3n) is 3.70. The van der Waals surface area contributed by atoms with Crippen LogP contribution in [-0.4, -0.2) is 44.6 Å². The molecule has 1 aromatic rings. The van der Waals surface area contributed by atoms with Crippen molar-refractivity contribution in [3.05, 3.63) is 29.3 Å². The van der Waals surface area contributed by atoms with E-state index in [-0.39, 0.29) is 6.03 Å². The number of sulfonamides is 1. The first kappa shape index (κ1) is 17.1. The third kappa shape index (κ3) is 5.15. The molecule has 2 rings (SSSR count). The summed E-state index contributed by atoms with van der Waals surface area (Å²) >= 11 is 5.78. The van der Waals surface area contributed by atoms with Crippen LogP contribution in [0.2, 0.25) is 5.02 Å². The molecule has 0 unspecified atom stereocenters. The van der Waals surface area contributed by atoms with Crippen molar-refractivity contribution in [1.82, 2.24) is 9.62 Å². The molecule has 2 amide bonds. The third-order valence-corrected chi connectivity index (χ3v) is 5.25. The number of anilines is 1. The number of hydrogen-bond acceptors (Lipinski definition) is 3. The molecule has 1 aliphatic rings. The molecular formula is C14H20ClN3O3S. The molecule has 1 aliphatic heterocycles. The quantitative estimate of drug-likeness (QED) is 0.877. The molecule has 1 saturated heterocycles. The number of nitrogens with one attached hydrogen (secondary N) is 2. The van der Waals surface area contributed by atoms with Crippen molar-refractivity contribution in [2.75, 3.05) is 31.2 Å². The smallest absolute Gasteiger partial charge is 0.319 e. The Morgan fingerprint density at radius 1 is 1.27 bits per heavy atom. The summed E-state index contributed by atoms with van der Waals surface area (Å²) in [5, 5.41) is 6.16. The maximum Gasteiger partial charge on any atom is 0.319 e. The van der Waals surface area contributed by atoms with Crippen molar-refractivity contribution in [1.29, 1.82) is 0 Å². The van der Waals surface area contributed by atoms with Gasteiger partial charge in [-0.1, -0.05) is 11.6 Å². The summed E-state index contributed by atoms with van der Waals surface area (Å²) in [4.78, 5) is 11.8. The van der Waals surface area contributed by atoms with E-state index in [0.717, 1.165) is 12.8 Å². The van der Waals surface area contributed by atoms with E-state index in [0.29, 0.717) is 36.3 Å². The zero-order valence-corrected chi connectivity index (χ0v) is 14.0. The Morgan fingerprint density at radius 3 is 2.41 bits per heavy atom. The maximum atomic E-state index is 11.8. The van der Waals surface area contributed by atoms with Gasteiger partial charge in [0.25, 0.3) is 0 Å². The van der Waals surface area contributed by atoms with E-state index in [2.05, 4.69) is 10.6 Å². The van der Waals surface area contributed by atoms with Crippen LogP contribution in [0.3, 0.4) is 0 Å². The number of nitrogens with zero attached hydrogens (tertiary/aromatic N) is 1. The molecular weight excluding hydrogens is 326 g/mol. The van der Waals surface area contributed by atoms with Gasteiger partial charge in [0.1, 0.15) is 0 Å². The Labute approximate surface area is 135 Å². The number of amides is 2. The van der Waals surface area contributed by atoms with Crippen LogP contribution < -0.4 is 10.6 Å². The molecule has 0 aromatic heterocycles. The molecule has 8 heteroatoms. The summed E-state index contributed by atoms with van der Waals surface area (Å²) in [5.41, 5.74) is 0.675. The second-order valence-corrected chi connectivity index (χ2v) is 7.87. The number of halogens is 1. The summed E-state index contributed by atoms with van der Waals surface area (Å²) in [7, 11) is -3.10. The van der Waals surface area contributed by atoms with Crippen LogP contribution >= 0.6 is 11.6 Å². The normalized spacial score (nSPS) is 17.2. The van der Waals surface area contributed by atoms with E-state index >= 15 is 0 Å². The van der Waals surface area contributed by atoms with Crippen LogP contribution in [0, 0.1) is 5.92 Å². The molecule has 1 heterocycles. The van der Waals surface area contributed by atoms with Gasteiger partial charge in [0.15, 0.2) is 0 Å². The summed E-state index contributed by atoms with van der Waals surface area (Å²) in [6.07, 6.45) is 2.74. The first-order valence-corrected chi connectivity index (χ1v) is 9.33. The Bertz CT molecular complexity index is 611. The number of hydrogen-bond donors (Lipinski definition) is 2. The number of rotatable bonds is 4. The molecule has 0 bridgehead atoms. The average molecular weight is 346 g/mol. The Kier molecular flexibility index (Phi) is 5.66. The predicted octanol–water partition coefficient (Wildman–Crippen LogP) is 2.13. The number of carbonyl (C=O) groups is 1. The second kappa shape index (κ2) is 7.30. The average Bonchev–Trinajstić information content (AvgIpc) is 2.47. The van der Waals surface area contributed by atoms with Crippen molar-refractivity contribution >= 4 is 33.3 Å². The Balaban J connectivity index is 1.72. The largest absolute Gasteiger partial charge is 0.338 e. The first-order chi connectivity index (χ1) is 10.3. The summed E-state index contributed by atoms with van der Waals surface area (Å²) in [5.74, 6) is 0.300. The minimum atomic E-state index is -3.10. The standard InChI is InChI=1S/C14H20ClN3O3S/c1-22(20,21)18-8-6-11(7-9-18)10-16-14(19)17-13-4-2-12(15)3-5-13/h2-5,11H,6-10H2,1H3,(H2,16,17,19). The number of benzene rings is 1. The number of piperidine rings is 1. The van der Waals surface area contributed by atoms with Crippen LogP contribution in [-0.2, 0) is 10.0 Å². The van der Waals surface area contributed by atoms with Gasteiger partial charge in [0.05, 0.1) is 6.26 Å². The topological polar surface area (TPSA) is 78.5 Å². The van der Waals surface area contributed by atoms with Crippen LogP contribution in [0.5, 0.6) is 0 Å². The lowest BCUT2D eigenvalue weighted by Gasteiger charge is -2.30. The van der Waals surface area contributed by atoms with Crippen LogP contribution in [0.4, 0.5) is 10.5 Å². The highest BCUT2D eigenvalue weighted by Crippen LogP contribution is 2.18. The number of carbonyl (C=O) groups excluding carboxylic acids is 1. The van der Waals surface area contributed by atoms with Crippen LogP contribution in [0.25, 0.3) is 0 Å². The molecule has 2 N–H and O–H groups in total. The molecule has 22 heavy (non-hydrogen) atoms. The van der Waals surface area contributed by atoms with Gasteiger partial charge in [0, 0.05) is 30.3 Å². The molecule has 6 nitrogen and oxygen atoms in total. The molecule has 1 fully saturated rings. The molecule has 0 spiro atoms. The van der Waals surface area contributed by atoms with E-state index in [1.807, 2.05) is 0 Å². The van der Waals surface area contributed by atoms with Crippen molar-refractivity contribution in [2.45, 2.75) is 12.8 Å². The van der Waals surface area contributed by atoms with Crippen molar-refractivity contribution in [2.24, 2.45) is 5.92 Å². The van der Waals surface area contributed by atoms with E-state index < -0.39 is 10.0 Å². The van der Waals surface area contributed by atoms with E-state index in [9.17, 15) is 13.2 Å². The SMILES string of the molecule is CS(=O)(=O)N1CCC(CNC(=O)Nc2ccc(Cl)cc2)CC1. The molecule has 1 aromatic carbocycles. The Morgan fingerprint density at radius 2 is 1.86 bits per heavy atom. The minimum Gasteiger partial charge on any atom is -0.338 e. The Hall–Kier alpha value is -1.31. The van der Waals surface area contributed by atoms with Gasteiger partial charge < -0.3 is 10.6 Å². The zero-order chi connectivity index (χ0) is 16.2. The highest BCUT2D eigenvalue weighted by atomic mass is 35.5. The fraction of sp³-hybridized carbons (Fsp3) is 0.500. The van der Waals surface area contributed by atoms with Gasteiger partial charge in [0.2, 0.25) is 10.0 Å². The second-order valence-electron chi connectivity index (χ2n) is 5.45. The molecule has 0 aliphatic carbocycles. The first-order valence-electron chi connectivity index (χ1n) is 7.10. The van der Waals surface area contributed by atoms with Crippen molar-refractivity contribution in [3.8, 4) is 0 Å². The number of urea groups is 1. The molecule has 122 valence electrons. The highest BCUT2D eigenvalue weighted by Gasteiger charge is 2.24. The predicted molar refractivity (Wildman–Crippen MR) is 87.6 cm³/mol. The lowest BCUT2D eigenvalue weighted by atomic mass is 9.98. The van der Waals surface area contributed by atoms with E-state index in [4.69, 9.17) is 11.6 Å². The fourth-order valence-electron chi connectivity index (χ4n) is 2.39. The van der Waals surface area contributed by atoms with E-state index in [1.54, 1.807) is 24.3 Å². The lowest BCUT2D eigenvalue weighted by molar-refractivity contribution is 0.241. The van der Waals surface area contributed by atoms with Crippen molar-refractivity contribution in [3.63, 3.8) is 0 Å². The fourth-order valence-corrected chi connectivity index (χ4v) is 3.39. The van der Waals surface area contributed by atoms with Gasteiger partial charge in [-0.05, 0) is 43.0 Å². The van der Waals surface area contributed by atoms with Crippen molar-refractivity contribution < 1.29 is 13.2 Å². The summed E-state index contributed by atoms with van der Waals surface area (Å²) < 4.78 is 24.3. The minimum absolute atomic E-state index is 0.270. The van der Waals surface area contributed by atoms with Gasteiger partial charge in [-0.3, -0.25) is 0 Å². The maximum absolute atomic E-state index is 11.8. The highest BCUT2D eigenvalue weighted by molar-refractivity contribution is 7.88. The van der Waals surface area contributed by atoms with Gasteiger partial charge in [-0.2, -0.15) is 0 Å². The van der Waals surface area contributed by atoms with Crippen LogP contribution in [0.15, 0.2) is 24.3 Å². The molecule has 0 saturated carbocycles. The summed E-state index contributed by atoms with van der Waals surface area (Å²) in [6, 6.07) is 6.60. The zero-order valence-electron chi connectivity index (χ0n) is 12.4. The lowest BCUT2D eigenvalue weighted by Crippen LogP contribution is -2.41. The van der Waals surface area contributed by atoms with E-state index in [1.165, 1.54) is 10.6 Å². The monoisotopic (exact) mass is 345 g/mol. The molecule has 0 radical (unpaired) electrons.